The summed E-state index contributed by atoms with van der Waals surface area (Å²) in [5, 5.41) is 0. The van der Waals surface area contributed by atoms with Crippen molar-refractivity contribution in [2.45, 2.75) is 12.5 Å². The fourth-order valence-corrected chi connectivity index (χ4v) is 4.88. The first-order valence-corrected chi connectivity index (χ1v) is 10.8. The van der Waals surface area contributed by atoms with Gasteiger partial charge in [-0.15, -0.1) is 0 Å². The number of benzene rings is 4. The minimum Gasteiger partial charge on any atom is -0.340 e. The molecule has 1 unspecified atom stereocenters. The van der Waals surface area contributed by atoms with E-state index in [1.54, 1.807) is 0 Å². The van der Waals surface area contributed by atoms with E-state index in [9.17, 15) is 0 Å². The summed E-state index contributed by atoms with van der Waals surface area (Å²) in [4.78, 5) is 0. The second kappa shape index (κ2) is 6.41. The molecule has 1 atom stereocenters. The summed E-state index contributed by atoms with van der Waals surface area (Å²) in [5.41, 5.74) is 6.47. The third-order valence-electron chi connectivity index (χ3n) is 6.31. The van der Waals surface area contributed by atoms with Gasteiger partial charge in [-0.25, -0.2) is 0 Å². The lowest BCUT2D eigenvalue weighted by Gasteiger charge is -2.34. The Morgan fingerprint density at radius 3 is 2.16 bits per heavy atom. The van der Waals surface area contributed by atoms with Crippen LogP contribution in [0.25, 0.3) is 0 Å². The smallest absolute Gasteiger partial charge is 0.340 e. The lowest BCUT2D eigenvalue weighted by atomic mass is 9.96. The lowest BCUT2D eigenvalue weighted by Crippen LogP contribution is -2.63. The van der Waals surface area contributed by atoms with Crippen molar-refractivity contribution in [1.82, 2.24) is 0 Å². The number of fused-ring (bicyclic) bond motifs is 3. The van der Waals surface area contributed by atoms with Crippen LogP contribution in [0.1, 0.15) is 16.7 Å². The van der Waals surface area contributed by atoms with Gasteiger partial charge in [0.1, 0.15) is 0 Å². The second-order valence-corrected chi connectivity index (χ2v) is 8.25. The molecule has 0 fully saturated rings. The van der Waals surface area contributed by atoms with E-state index < -0.39 is 6.03 Å². The maximum absolute atomic E-state index is 6.84. The van der Waals surface area contributed by atoms with E-state index in [2.05, 4.69) is 82.1 Å². The van der Waals surface area contributed by atoms with Crippen molar-refractivity contribution in [2.75, 3.05) is 0 Å². The van der Waals surface area contributed by atoms with Gasteiger partial charge in [0.05, 0.1) is 17.5 Å². The van der Waals surface area contributed by atoms with Crippen LogP contribution in [0, 0.1) is 0 Å². The summed E-state index contributed by atoms with van der Waals surface area (Å²) in [7, 11) is 0. The van der Waals surface area contributed by atoms with Crippen molar-refractivity contribution in [2.24, 2.45) is 0 Å². The van der Waals surface area contributed by atoms with Crippen LogP contribution >= 0.6 is 0 Å². The number of ether oxygens (including phenoxy) is 2. The molecule has 32 heavy (non-hydrogen) atoms. The third-order valence-corrected chi connectivity index (χ3v) is 6.31. The van der Waals surface area contributed by atoms with Gasteiger partial charge in [0.2, 0.25) is 17.1 Å². The quantitative estimate of drug-likeness (QED) is 0.418. The number of nitrogens with zero attached hydrogens (tertiary/aromatic N) is 2. The molecule has 4 nitrogen and oxygen atoms in total. The zero-order valence-electron chi connectivity index (χ0n) is 17.3. The molecule has 0 radical (unpaired) electrons. The first kappa shape index (κ1) is 17.5. The van der Waals surface area contributed by atoms with Crippen molar-refractivity contribution in [3.05, 3.63) is 120 Å². The Balaban J connectivity index is 1.64. The van der Waals surface area contributed by atoms with Gasteiger partial charge in [-0.3, -0.25) is 0 Å². The zero-order valence-corrected chi connectivity index (χ0v) is 17.3. The van der Waals surface area contributed by atoms with E-state index in [1.165, 1.54) is 5.56 Å². The Bertz CT molecular complexity index is 1440. The molecule has 7 rings (SSSR count). The molecule has 0 aromatic heterocycles. The Labute approximate surface area is 185 Å². The molecule has 0 saturated heterocycles. The van der Waals surface area contributed by atoms with E-state index in [1.807, 2.05) is 36.4 Å². The standard InChI is InChI=1S/C28H20N2O2/c1-3-9-22(10-4-1)29-19-21-16-15-20-17-25-24-13-7-8-14-26(24)31-28(29,32-27(21)18-20)30(25)23-11-5-2-6-12-23/h1-16,18-19H,17H2/q+2. The summed E-state index contributed by atoms with van der Waals surface area (Å²) >= 11 is 0. The second-order valence-electron chi connectivity index (χ2n) is 8.25. The molecule has 0 amide bonds. The Kier molecular flexibility index (Phi) is 3.50. The van der Waals surface area contributed by atoms with Crippen molar-refractivity contribution >= 4 is 23.3 Å². The molecule has 152 valence electrons. The van der Waals surface area contributed by atoms with E-state index in [0.29, 0.717) is 0 Å². The van der Waals surface area contributed by atoms with Gasteiger partial charge in [0.25, 0.3) is 0 Å². The molecular weight excluding hydrogens is 396 g/mol. The van der Waals surface area contributed by atoms with Gasteiger partial charge in [0, 0.05) is 24.3 Å². The van der Waals surface area contributed by atoms with Crippen LogP contribution in [-0.2, 0) is 6.42 Å². The van der Waals surface area contributed by atoms with Gasteiger partial charge in [-0.05, 0) is 34.4 Å². The summed E-state index contributed by atoms with van der Waals surface area (Å²) < 4.78 is 18.0. The van der Waals surface area contributed by atoms with Crippen LogP contribution in [0.3, 0.4) is 0 Å². The van der Waals surface area contributed by atoms with E-state index in [-0.39, 0.29) is 0 Å². The summed E-state index contributed by atoms with van der Waals surface area (Å²) in [6.45, 7) is 0. The Hall–Kier alpha value is -4.18. The zero-order chi connectivity index (χ0) is 21.1. The highest BCUT2D eigenvalue weighted by Crippen LogP contribution is 2.43. The van der Waals surface area contributed by atoms with E-state index in [0.717, 1.165) is 46.1 Å². The van der Waals surface area contributed by atoms with E-state index in [4.69, 9.17) is 9.47 Å². The first-order chi connectivity index (χ1) is 15.8. The fraction of sp³-hybridized carbons (Fsp3) is 0.0714. The highest BCUT2D eigenvalue weighted by atomic mass is 16.7. The fourth-order valence-electron chi connectivity index (χ4n) is 4.88. The molecule has 3 aliphatic rings. The average Bonchev–Trinajstić information content (AvgIpc) is 2.84. The van der Waals surface area contributed by atoms with E-state index >= 15 is 0 Å². The van der Waals surface area contributed by atoms with Gasteiger partial charge in [0.15, 0.2) is 17.7 Å². The highest BCUT2D eigenvalue weighted by molar-refractivity contribution is 6.02. The Morgan fingerprint density at radius 1 is 0.656 bits per heavy atom. The first-order valence-electron chi connectivity index (χ1n) is 10.8. The molecule has 1 spiro atoms. The highest BCUT2D eigenvalue weighted by Gasteiger charge is 2.68. The van der Waals surface area contributed by atoms with Crippen molar-refractivity contribution < 1.29 is 18.6 Å². The third kappa shape index (κ3) is 2.38. The molecule has 4 bridgehead atoms. The minimum atomic E-state index is -1.22. The van der Waals surface area contributed by atoms with Gasteiger partial charge in [-0.1, -0.05) is 59.2 Å². The van der Waals surface area contributed by atoms with Gasteiger partial charge < -0.3 is 9.47 Å². The SMILES string of the molecule is C1=[N+](c2ccccc2)C23Oc4cc(ccc41)CC(=[N+]2c1ccccc1)c1ccccc1O3. The molecule has 0 N–H and O–H groups in total. The molecule has 4 aromatic carbocycles. The molecule has 3 heterocycles. The van der Waals surface area contributed by atoms with Gasteiger partial charge >= 0.3 is 6.03 Å². The monoisotopic (exact) mass is 416 g/mol. The van der Waals surface area contributed by atoms with Crippen molar-refractivity contribution in [3.63, 3.8) is 0 Å². The summed E-state index contributed by atoms with van der Waals surface area (Å²) in [6.07, 6.45) is 2.90. The predicted molar refractivity (Wildman–Crippen MR) is 123 cm³/mol. The van der Waals surface area contributed by atoms with Gasteiger partial charge in [-0.2, -0.15) is 0 Å². The van der Waals surface area contributed by atoms with Crippen LogP contribution in [-0.4, -0.2) is 27.1 Å². The number of para-hydroxylation sites is 3. The summed E-state index contributed by atoms with van der Waals surface area (Å²) in [5.74, 6) is 1.65. The number of hydrogen-bond donors (Lipinski definition) is 0. The van der Waals surface area contributed by atoms with Crippen LogP contribution in [0.2, 0.25) is 0 Å². The van der Waals surface area contributed by atoms with Crippen molar-refractivity contribution in [3.8, 4) is 11.5 Å². The molecule has 0 saturated carbocycles. The molecule has 4 heteroatoms. The molecule has 3 aliphatic heterocycles. The topological polar surface area (TPSA) is 24.5 Å². The minimum absolute atomic E-state index is 0.774. The largest absolute Gasteiger partial charge is 0.715 e. The molecule has 0 aliphatic carbocycles. The van der Waals surface area contributed by atoms with Crippen LogP contribution < -0.4 is 9.47 Å². The van der Waals surface area contributed by atoms with Crippen molar-refractivity contribution in [1.29, 1.82) is 0 Å². The van der Waals surface area contributed by atoms with Crippen LogP contribution in [0.5, 0.6) is 11.5 Å². The normalized spacial score (nSPS) is 19.8. The number of rotatable bonds is 2. The Morgan fingerprint density at radius 2 is 1.34 bits per heavy atom. The molecular formula is C28H20N2O2+2. The lowest BCUT2D eigenvalue weighted by molar-refractivity contribution is -0.857. The molecule has 4 aromatic rings. The average molecular weight is 416 g/mol. The maximum atomic E-state index is 6.84. The summed E-state index contributed by atoms with van der Waals surface area (Å²) in [6, 6.07) is 34.1. The predicted octanol–water partition coefficient (Wildman–Crippen LogP) is 5.24. The van der Waals surface area contributed by atoms with Crippen LogP contribution in [0.15, 0.2) is 103 Å². The number of hydrogen-bond acceptors (Lipinski definition) is 2. The maximum Gasteiger partial charge on any atom is 0.715 e. The van der Waals surface area contributed by atoms with Crippen LogP contribution in [0.4, 0.5) is 11.4 Å².